The van der Waals surface area contributed by atoms with E-state index < -0.39 is 0 Å². The molecule has 8 heteroatoms. The first kappa shape index (κ1) is 20.2. The second-order valence-corrected chi connectivity index (χ2v) is 9.21. The lowest BCUT2D eigenvalue weighted by atomic mass is 10.1. The minimum atomic E-state index is -0.379. The predicted molar refractivity (Wildman–Crippen MR) is 118 cm³/mol. The highest BCUT2D eigenvalue weighted by molar-refractivity contribution is 7.13. The van der Waals surface area contributed by atoms with Crippen LogP contribution in [0.5, 0.6) is 0 Å². The summed E-state index contributed by atoms with van der Waals surface area (Å²) in [4.78, 5) is 32.5. The third kappa shape index (κ3) is 3.83. The minimum absolute atomic E-state index is 0.101. The molecule has 1 saturated heterocycles. The lowest BCUT2D eigenvalue weighted by molar-refractivity contribution is 0.0690. The monoisotopic (exact) mass is 455 g/mol. The van der Waals surface area contributed by atoms with E-state index >= 15 is 0 Å². The van der Waals surface area contributed by atoms with Gasteiger partial charge in [-0.25, -0.2) is 9.37 Å². The highest BCUT2D eigenvalue weighted by Crippen LogP contribution is 2.50. The Labute approximate surface area is 187 Å². The molecule has 1 aromatic heterocycles. The van der Waals surface area contributed by atoms with Gasteiger partial charge in [0.1, 0.15) is 11.5 Å². The molecule has 2 aliphatic rings. The molecular weight excluding hydrogens is 437 g/mol. The second-order valence-electron chi connectivity index (χ2n) is 7.91. The minimum Gasteiger partial charge on any atom is -0.350 e. The van der Waals surface area contributed by atoms with Crippen LogP contribution in [0.2, 0.25) is 5.02 Å². The van der Waals surface area contributed by atoms with Gasteiger partial charge in [0.15, 0.2) is 0 Å². The van der Waals surface area contributed by atoms with Gasteiger partial charge in [-0.2, -0.15) is 0 Å². The zero-order valence-corrected chi connectivity index (χ0v) is 18.0. The predicted octanol–water partition coefficient (Wildman–Crippen LogP) is 4.49. The molecule has 0 bridgehead atoms. The largest absolute Gasteiger partial charge is 0.350 e. The molecule has 1 unspecified atom stereocenters. The number of hydrogen-bond acceptors (Lipinski definition) is 4. The van der Waals surface area contributed by atoms with E-state index in [-0.39, 0.29) is 29.4 Å². The lowest BCUT2D eigenvalue weighted by Gasteiger charge is -2.27. The van der Waals surface area contributed by atoms with E-state index in [0.717, 1.165) is 6.42 Å². The zero-order valence-electron chi connectivity index (χ0n) is 16.4. The summed E-state index contributed by atoms with van der Waals surface area (Å²) in [6, 6.07) is 13.1. The number of nitrogens with one attached hydrogen (secondary N) is 1. The van der Waals surface area contributed by atoms with Gasteiger partial charge in [0.2, 0.25) is 0 Å². The summed E-state index contributed by atoms with van der Waals surface area (Å²) in [5, 5.41) is 3.44. The number of aromatic nitrogens is 1. The maximum absolute atomic E-state index is 14.3. The molecule has 5 rings (SSSR count). The third-order valence-electron chi connectivity index (χ3n) is 6.01. The maximum atomic E-state index is 14.3. The molecular formula is C23H19ClFN3O2S. The quantitative estimate of drug-likeness (QED) is 0.616. The van der Waals surface area contributed by atoms with E-state index in [1.165, 1.54) is 17.4 Å². The Morgan fingerprint density at radius 1 is 1.23 bits per heavy atom. The van der Waals surface area contributed by atoms with Gasteiger partial charge in [-0.15, -0.1) is 11.3 Å². The van der Waals surface area contributed by atoms with Crippen molar-refractivity contribution in [2.24, 2.45) is 11.8 Å². The van der Waals surface area contributed by atoms with E-state index in [2.05, 4.69) is 10.3 Å². The molecule has 158 valence electrons. The second kappa shape index (κ2) is 8.05. The van der Waals surface area contributed by atoms with Crippen LogP contribution in [0.15, 0.2) is 54.0 Å². The molecule has 3 atom stereocenters. The van der Waals surface area contributed by atoms with Crippen LogP contribution in [-0.2, 0) is 0 Å². The zero-order chi connectivity index (χ0) is 21.5. The standard InChI is InChI=1S/C23H19ClFN3O2S/c24-15-5-3-4-13(8-15)22(29)26-10-19-17-9-14(17)11-28(19)23(30)20-21(31-12-27-20)16-6-1-2-7-18(16)25/h1-8,12,14,17,19H,9-11H2,(H,26,29)/t14-,17?,19+/m0/s1. The van der Waals surface area contributed by atoms with Crippen molar-refractivity contribution < 1.29 is 14.0 Å². The van der Waals surface area contributed by atoms with Crippen LogP contribution in [0.25, 0.3) is 10.4 Å². The van der Waals surface area contributed by atoms with Crippen molar-refractivity contribution in [3.8, 4) is 10.4 Å². The summed E-state index contributed by atoms with van der Waals surface area (Å²) >= 11 is 7.23. The average Bonchev–Trinajstić information content (AvgIpc) is 3.20. The number of carbonyl (C=O) groups is 2. The Morgan fingerprint density at radius 2 is 2.06 bits per heavy atom. The summed E-state index contributed by atoms with van der Waals surface area (Å²) in [5.74, 6) is 0.00976. The first-order valence-electron chi connectivity index (χ1n) is 10.1. The number of thiazole rings is 1. The van der Waals surface area contributed by atoms with E-state index in [1.54, 1.807) is 52.9 Å². The molecule has 5 nitrogen and oxygen atoms in total. The van der Waals surface area contributed by atoms with Crippen LogP contribution in [0.4, 0.5) is 4.39 Å². The number of nitrogens with zero attached hydrogens (tertiary/aromatic N) is 2. The van der Waals surface area contributed by atoms with Crippen molar-refractivity contribution in [1.29, 1.82) is 0 Å². The first-order valence-corrected chi connectivity index (χ1v) is 11.3. The summed E-state index contributed by atoms with van der Waals surface area (Å²) in [6.45, 7) is 0.993. The number of halogens is 2. The van der Waals surface area contributed by atoms with E-state index in [0.29, 0.717) is 46.0 Å². The van der Waals surface area contributed by atoms with Crippen molar-refractivity contribution in [3.63, 3.8) is 0 Å². The number of rotatable bonds is 5. The Kier molecular flexibility index (Phi) is 5.24. The molecule has 3 aromatic rings. The van der Waals surface area contributed by atoms with Gasteiger partial charge in [0.05, 0.1) is 16.4 Å². The van der Waals surface area contributed by atoms with Gasteiger partial charge in [0.25, 0.3) is 11.8 Å². The van der Waals surface area contributed by atoms with Gasteiger partial charge in [-0.1, -0.05) is 35.9 Å². The number of likely N-dealkylation sites (tertiary alicyclic amines) is 1. The van der Waals surface area contributed by atoms with Gasteiger partial charge in [0, 0.05) is 29.2 Å². The van der Waals surface area contributed by atoms with Crippen molar-refractivity contribution in [3.05, 3.63) is 76.1 Å². The molecule has 1 N–H and O–H groups in total. The topological polar surface area (TPSA) is 62.3 Å². The van der Waals surface area contributed by atoms with E-state index in [4.69, 9.17) is 11.6 Å². The number of piperidine rings is 1. The number of benzene rings is 2. The fourth-order valence-electron chi connectivity index (χ4n) is 4.37. The summed E-state index contributed by atoms with van der Waals surface area (Å²) in [6.07, 6.45) is 1.05. The van der Waals surface area contributed by atoms with Gasteiger partial charge >= 0.3 is 0 Å². The third-order valence-corrected chi connectivity index (χ3v) is 7.11. The maximum Gasteiger partial charge on any atom is 0.274 e. The highest BCUT2D eigenvalue weighted by atomic mass is 35.5. The molecule has 1 aliphatic heterocycles. The normalized spacial score (nSPS) is 21.6. The number of hydrogen-bond donors (Lipinski definition) is 1. The fourth-order valence-corrected chi connectivity index (χ4v) is 5.36. The van der Waals surface area contributed by atoms with Gasteiger partial charge < -0.3 is 10.2 Å². The highest BCUT2D eigenvalue weighted by Gasteiger charge is 2.54. The SMILES string of the molecule is O=C(NC[C@@H]1C2C[C@H]2CN1C(=O)c1ncsc1-c1ccccc1F)c1cccc(Cl)c1. The van der Waals surface area contributed by atoms with E-state index in [1.807, 2.05) is 0 Å². The number of carbonyl (C=O) groups excluding carboxylic acids is 2. The Hall–Kier alpha value is -2.77. The average molecular weight is 456 g/mol. The number of amides is 2. The molecule has 31 heavy (non-hydrogen) atoms. The van der Waals surface area contributed by atoms with Crippen LogP contribution in [0.3, 0.4) is 0 Å². The van der Waals surface area contributed by atoms with Crippen LogP contribution >= 0.6 is 22.9 Å². The van der Waals surface area contributed by atoms with E-state index in [9.17, 15) is 14.0 Å². The van der Waals surface area contributed by atoms with Crippen molar-refractivity contribution in [2.45, 2.75) is 12.5 Å². The van der Waals surface area contributed by atoms with Crippen molar-refractivity contribution >= 4 is 34.8 Å². The first-order chi connectivity index (χ1) is 15.0. The Bertz CT molecular complexity index is 1170. The molecule has 2 amide bonds. The van der Waals surface area contributed by atoms with Gasteiger partial charge in [-0.3, -0.25) is 9.59 Å². The Morgan fingerprint density at radius 3 is 2.87 bits per heavy atom. The lowest BCUT2D eigenvalue weighted by Crippen LogP contribution is -2.45. The fraction of sp³-hybridized carbons (Fsp3) is 0.261. The molecule has 0 radical (unpaired) electrons. The summed E-state index contributed by atoms with van der Waals surface area (Å²) in [7, 11) is 0. The van der Waals surface area contributed by atoms with Crippen LogP contribution in [0, 0.1) is 17.7 Å². The van der Waals surface area contributed by atoms with Crippen LogP contribution in [0.1, 0.15) is 27.3 Å². The molecule has 1 saturated carbocycles. The molecule has 2 heterocycles. The van der Waals surface area contributed by atoms with Gasteiger partial charge in [-0.05, 0) is 42.5 Å². The number of fused-ring (bicyclic) bond motifs is 1. The van der Waals surface area contributed by atoms with Crippen molar-refractivity contribution in [1.82, 2.24) is 15.2 Å². The van der Waals surface area contributed by atoms with Crippen LogP contribution in [-0.4, -0.2) is 40.8 Å². The van der Waals surface area contributed by atoms with Crippen LogP contribution < -0.4 is 5.32 Å². The molecule has 2 aromatic carbocycles. The molecule has 1 aliphatic carbocycles. The Balaban J connectivity index is 1.34. The summed E-state index contributed by atoms with van der Waals surface area (Å²) in [5.41, 5.74) is 2.70. The molecule has 2 fully saturated rings. The van der Waals surface area contributed by atoms with Crippen molar-refractivity contribution in [2.75, 3.05) is 13.1 Å². The summed E-state index contributed by atoms with van der Waals surface area (Å²) < 4.78 is 14.3. The smallest absolute Gasteiger partial charge is 0.274 e. The molecule has 0 spiro atoms.